The first kappa shape index (κ1) is 22.5. The minimum atomic E-state index is -0.860. The zero-order valence-corrected chi connectivity index (χ0v) is 20.3. The van der Waals surface area contributed by atoms with E-state index >= 15 is 4.79 Å². The van der Waals surface area contributed by atoms with Crippen molar-refractivity contribution < 1.29 is 9.53 Å². The molecule has 0 fully saturated rings. The van der Waals surface area contributed by atoms with E-state index in [9.17, 15) is 0 Å². The van der Waals surface area contributed by atoms with Crippen LogP contribution in [-0.2, 0) is 20.4 Å². The zero-order valence-electron chi connectivity index (χ0n) is 20.3. The molecule has 6 rings (SSSR count). The summed E-state index contributed by atoms with van der Waals surface area (Å²) in [7, 11) is 1.76. The third kappa shape index (κ3) is 2.98. The number of ether oxygens (including phenoxy) is 1. The van der Waals surface area contributed by atoms with Gasteiger partial charge in [-0.3, -0.25) is 4.79 Å². The second-order valence-electron chi connectivity index (χ2n) is 9.55. The number of methoxy groups -OCH3 is 1. The molecule has 0 amide bonds. The molecular formula is C34H28O2. The fraction of sp³-hybridized carbons (Fsp3) is 0.147. The van der Waals surface area contributed by atoms with Crippen LogP contribution in [0.3, 0.4) is 0 Å². The van der Waals surface area contributed by atoms with Crippen LogP contribution in [0.5, 0.6) is 0 Å². The van der Waals surface area contributed by atoms with Crippen LogP contribution in [0.2, 0.25) is 0 Å². The highest BCUT2D eigenvalue weighted by atomic mass is 16.5. The van der Waals surface area contributed by atoms with E-state index < -0.39 is 10.8 Å². The molecule has 4 aromatic carbocycles. The van der Waals surface area contributed by atoms with Crippen molar-refractivity contribution in [3.05, 3.63) is 156 Å². The molecule has 3 atom stereocenters. The number of ketones is 1. The Kier molecular flexibility index (Phi) is 5.55. The van der Waals surface area contributed by atoms with Crippen LogP contribution in [0.25, 0.3) is 11.1 Å². The molecule has 0 bridgehead atoms. The monoisotopic (exact) mass is 468 g/mol. The molecular weight excluding hydrogens is 440 g/mol. The first-order valence-electron chi connectivity index (χ1n) is 12.5. The van der Waals surface area contributed by atoms with Gasteiger partial charge in [-0.2, -0.15) is 0 Å². The molecule has 4 aromatic rings. The standard InChI is InChI=1S/C34H28O2/c1-36-29-23-14-24-33(27-19-10-4-11-20-27)32(35)30(25-15-6-2-7-16-25)31(26-17-8-3-9-18-26)34(29,33)28-21-12-5-13-22-28/h2-23,29H,24H2,1H3/t29-,33+,34+/m1/s1. The van der Waals surface area contributed by atoms with Gasteiger partial charge < -0.3 is 4.74 Å². The Hall–Kier alpha value is -4.01. The van der Waals surface area contributed by atoms with Crippen molar-refractivity contribution in [2.45, 2.75) is 23.4 Å². The number of allylic oxidation sites excluding steroid dienone is 2. The number of hydrogen-bond donors (Lipinski definition) is 0. The smallest absolute Gasteiger partial charge is 0.175 e. The van der Waals surface area contributed by atoms with Crippen LogP contribution in [0, 0.1) is 0 Å². The maximum Gasteiger partial charge on any atom is 0.175 e. The number of fused-ring (bicyclic) bond motifs is 1. The fourth-order valence-electron chi connectivity index (χ4n) is 6.64. The van der Waals surface area contributed by atoms with Crippen LogP contribution in [0.1, 0.15) is 28.7 Å². The van der Waals surface area contributed by atoms with Gasteiger partial charge in [-0.05, 0) is 34.2 Å². The zero-order chi connectivity index (χ0) is 24.6. The Labute approximate surface area is 212 Å². The molecule has 176 valence electrons. The summed E-state index contributed by atoms with van der Waals surface area (Å²) in [5.41, 5.74) is 4.28. The van der Waals surface area contributed by atoms with Crippen molar-refractivity contribution in [1.82, 2.24) is 0 Å². The van der Waals surface area contributed by atoms with Crippen LogP contribution in [0.4, 0.5) is 0 Å². The minimum absolute atomic E-state index is 0.147. The van der Waals surface area contributed by atoms with Gasteiger partial charge in [-0.15, -0.1) is 0 Å². The van der Waals surface area contributed by atoms with Gasteiger partial charge in [0, 0.05) is 12.7 Å². The average molecular weight is 469 g/mol. The van der Waals surface area contributed by atoms with Crippen LogP contribution in [-0.4, -0.2) is 19.0 Å². The second-order valence-corrected chi connectivity index (χ2v) is 9.55. The van der Waals surface area contributed by atoms with E-state index in [0.717, 1.165) is 33.4 Å². The number of benzene rings is 4. The lowest BCUT2D eigenvalue weighted by atomic mass is 9.50. The summed E-state index contributed by atoms with van der Waals surface area (Å²) in [5, 5.41) is 0. The van der Waals surface area contributed by atoms with E-state index in [1.807, 2.05) is 48.5 Å². The first-order chi connectivity index (χ1) is 17.7. The molecule has 0 aliphatic heterocycles. The molecule has 2 heteroatoms. The highest BCUT2D eigenvalue weighted by Crippen LogP contribution is 2.66. The third-order valence-electron chi connectivity index (χ3n) is 7.97. The van der Waals surface area contributed by atoms with Crippen molar-refractivity contribution in [2.75, 3.05) is 7.11 Å². The molecule has 0 heterocycles. The normalized spacial score (nSPS) is 25.1. The molecule has 0 saturated carbocycles. The number of hydrogen-bond acceptors (Lipinski definition) is 2. The Balaban J connectivity index is 1.84. The second kappa shape index (κ2) is 8.89. The summed E-state index contributed by atoms with van der Waals surface area (Å²) in [6.07, 6.45) is 4.54. The van der Waals surface area contributed by atoms with Gasteiger partial charge in [-0.1, -0.05) is 133 Å². The van der Waals surface area contributed by atoms with Gasteiger partial charge in [0.1, 0.15) is 0 Å². The van der Waals surface area contributed by atoms with Crippen molar-refractivity contribution >= 4 is 16.9 Å². The maximum absolute atomic E-state index is 15.1. The fourth-order valence-corrected chi connectivity index (χ4v) is 6.64. The molecule has 2 aliphatic carbocycles. The number of carbonyl (C=O) groups is 1. The molecule has 0 radical (unpaired) electrons. The summed E-state index contributed by atoms with van der Waals surface area (Å²) in [5.74, 6) is 0.147. The summed E-state index contributed by atoms with van der Waals surface area (Å²) >= 11 is 0. The largest absolute Gasteiger partial charge is 0.376 e. The highest BCUT2D eigenvalue weighted by molar-refractivity contribution is 6.38. The lowest BCUT2D eigenvalue weighted by molar-refractivity contribution is -0.121. The lowest BCUT2D eigenvalue weighted by Gasteiger charge is -2.52. The summed E-state index contributed by atoms with van der Waals surface area (Å²) in [6, 6.07) is 41.3. The van der Waals surface area contributed by atoms with Gasteiger partial charge in [0.2, 0.25) is 0 Å². The topological polar surface area (TPSA) is 26.3 Å². The highest BCUT2D eigenvalue weighted by Gasteiger charge is 2.69. The molecule has 0 saturated heterocycles. The van der Waals surface area contributed by atoms with Crippen molar-refractivity contribution in [3.63, 3.8) is 0 Å². The number of Topliss-reactive ketones (excluding diaryl/α,β-unsaturated/α-hetero) is 1. The minimum Gasteiger partial charge on any atom is -0.376 e. The maximum atomic E-state index is 15.1. The van der Waals surface area contributed by atoms with Gasteiger partial charge in [0.05, 0.1) is 16.9 Å². The summed E-state index contributed by atoms with van der Waals surface area (Å²) in [6.45, 7) is 0. The molecule has 2 nitrogen and oxygen atoms in total. The first-order valence-corrected chi connectivity index (χ1v) is 12.5. The van der Waals surface area contributed by atoms with Gasteiger partial charge in [0.15, 0.2) is 5.78 Å². The average Bonchev–Trinajstić information content (AvgIpc) is 3.21. The Morgan fingerprint density at radius 1 is 0.667 bits per heavy atom. The quantitative estimate of drug-likeness (QED) is 0.294. The van der Waals surface area contributed by atoms with E-state index in [-0.39, 0.29) is 11.9 Å². The summed E-state index contributed by atoms with van der Waals surface area (Å²) < 4.78 is 6.32. The van der Waals surface area contributed by atoms with Crippen molar-refractivity contribution in [2.24, 2.45) is 0 Å². The predicted molar refractivity (Wildman–Crippen MR) is 145 cm³/mol. The Bertz CT molecular complexity index is 1440. The SMILES string of the molecule is CO[C@@H]1C=CC[C@]2(c3ccccc3)C(=O)C(c3ccccc3)=C(c3ccccc3)[C@]12c1ccccc1. The summed E-state index contributed by atoms with van der Waals surface area (Å²) in [4.78, 5) is 15.1. The number of carbonyl (C=O) groups excluding carboxylic acids is 1. The van der Waals surface area contributed by atoms with Crippen molar-refractivity contribution in [3.8, 4) is 0 Å². The van der Waals surface area contributed by atoms with Gasteiger partial charge >= 0.3 is 0 Å². The van der Waals surface area contributed by atoms with Gasteiger partial charge in [0.25, 0.3) is 0 Å². The Morgan fingerprint density at radius 2 is 1.17 bits per heavy atom. The Morgan fingerprint density at radius 3 is 1.72 bits per heavy atom. The molecule has 0 N–H and O–H groups in total. The lowest BCUT2D eigenvalue weighted by Crippen LogP contribution is -2.59. The van der Waals surface area contributed by atoms with E-state index in [4.69, 9.17) is 4.74 Å². The van der Waals surface area contributed by atoms with E-state index in [1.54, 1.807) is 7.11 Å². The van der Waals surface area contributed by atoms with E-state index in [1.165, 1.54) is 0 Å². The molecule has 0 aromatic heterocycles. The number of rotatable bonds is 5. The molecule has 36 heavy (non-hydrogen) atoms. The van der Waals surface area contributed by atoms with Crippen molar-refractivity contribution in [1.29, 1.82) is 0 Å². The van der Waals surface area contributed by atoms with Crippen LogP contribution in [0.15, 0.2) is 133 Å². The molecule has 0 spiro atoms. The molecule has 0 unspecified atom stereocenters. The van der Waals surface area contributed by atoms with Gasteiger partial charge in [-0.25, -0.2) is 0 Å². The predicted octanol–water partition coefficient (Wildman–Crippen LogP) is 7.03. The van der Waals surface area contributed by atoms with Crippen LogP contribution >= 0.6 is 0 Å². The third-order valence-corrected chi connectivity index (χ3v) is 7.97. The molecule has 2 aliphatic rings. The van der Waals surface area contributed by atoms with Crippen LogP contribution < -0.4 is 0 Å². The van der Waals surface area contributed by atoms with E-state index in [0.29, 0.717) is 6.42 Å². The van der Waals surface area contributed by atoms with E-state index in [2.05, 4.69) is 84.9 Å².